The smallest absolute Gasteiger partial charge is 0.0785 e. The normalized spacial score (nSPS) is 15.7. The monoisotopic (exact) mass is 191 g/mol. The minimum absolute atomic E-state index is 0.253. The molecule has 0 radical (unpaired) electrons. The fourth-order valence-electron chi connectivity index (χ4n) is 0.980. The molecule has 80 valence electrons. The van der Waals surface area contributed by atoms with Crippen LogP contribution in [0.25, 0.3) is 0 Å². The van der Waals surface area contributed by atoms with Gasteiger partial charge in [0.25, 0.3) is 0 Å². The Morgan fingerprint density at radius 2 is 1.85 bits per heavy atom. The molecule has 0 aliphatic rings. The minimum atomic E-state index is -0.385. The highest BCUT2D eigenvalue weighted by atomic mass is 16.5. The predicted molar refractivity (Wildman–Crippen MR) is 51.7 cm³/mol. The van der Waals surface area contributed by atoms with Crippen LogP contribution < -0.4 is 5.32 Å². The Bertz CT molecular complexity index is 109. The van der Waals surface area contributed by atoms with E-state index in [1.165, 1.54) is 0 Å². The molecule has 0 saturated carbocycles. The van der Waals surface area contributed by atoms with Crippen molar-refractivity contribution in [1.82, 2.24) is 5.32 Å². The largest absolute Gasteiger partial charge is 0.393 e. The van der Waals surface area contributed by atoms with Crippen LogP contribution in [-0.2, 0) is 4.74 Å². The second kappa shape index (κ2) is 8.44. The van der Waals surface area contributed by atoms with E-state index in [4.69, 9.17) is 9.84 Å². The molecule has 0 fully saturated rings. The van der Waals surface area contributed by atoms with Gasteiger partial charge in [-0.1, -0.05) is 0 Å². The third kappa shape index (κ3) is 9.76. The van der Waals surface area contributed by atoms with E-state index in [0.29, 0.717) is 13.0 Å². The van der Waals surface area contributed by atoms with Gasteiger partial charge in [0.05, 0.1) is 18.8 Å². The number of hydrogen-bond acceptors (Lipinski definition) is 4. The summed E-state index contributed by atoms with van der Waals surface area (Å²) in [6.45, 7) is 3.70. The third-order valence-electron chi connectivity index (χ3n) is 1.75. The van der Waals surface area contributed by atoms with Crippen LogP contribution in [0.1, 0.15) is 19.8 Å². The van der Waals surface area contributed by atoms with E-state index in [9.17, 15) is 5.11 Å². The van der Waals surface area contributed by atoms with Crippen molar-refractivity contribution >= 4 is 0 Å². The van der Waals surface area contributed by atoms with E-state index in [2.05, 4.69) is 5.32 Å². The minimum Gasteiger partial charge on any atom is -0.393 e. The first-order chi connectivity index (χ1) is 6.16. The maximum Gasteiger partial charge on any atom is 0.0785 e. The van der Waals surface area contributed by atoms with Crippen LogP contribution in [0.15, 0.2) is 0 Å². The molecule has 4 heteroatoms. The van der Waals surface area contributed by atoms with E-state index < -0.39 is 0 Å². The summed E-state index contributed by atoms with van der Waals surface area (Å²) < 4.78 is 4.78. The van der Waals surface area contributed by atoms with Crippen molar-refractivity contribution in [2.75, 3.05) is 26.8 Å². The van der Waals surface area contributed by atoms with Crippen LogP contribution in [0, 0.1) is 0 Å². The molecule has 13 heavy (non-hydrogen) atoms. The highest BCUT2D eigenvalue weighted by molar-refractivity contribution is 4.57. The van der Waals surface area contributed by atoms with Gasteiger partial charge in [0.1, 0.15) is 0 Å². The molecule has 3 N–H and O–H groups in total. The zero-order chi connectivity index (χ0) is 10.1. The summed E-state index contributed by atoms with van der Waals surface area (Å²) in [6, 6.07) is 0. The van der Waals surface area contributed by atoms with Crippen LogP contribution >= 0.6 is 0 Å². The molecule has 2 unspecified atom stereocenters. The van der Waals surface area contributed by atoms with Gasteiger partial charge < -0.3 is 20.3 Å². The number of aliphatic hydroxyl groups excluding tert-OH is 2. The molecule has 0 rings (SSSR count). The molecule has 0 aliphatic heterocycles. The Balaban J connectivity index is 3.06. The second-order valence-corrected chi connectivity index (χ2v) is 3.29. The van der Waals surface area contributed by atoms with E-state index in [1.807, 2.05) is 0 Å². The molecule has 0 aromatic heterocycles. The molecule has 0 bridgehead atoms. The molecule has 0 saturated heterocycles. The molecule has 0 spiro atoms. The first kappa shape index (κ1) is 12.8. The number of aliphatic hydroxyl groups is 2. The van der Waals surface area contributed by atoms with Gasteiger partial charge in [0, 0.05) is 7.11 Å². The van der Waals surface area contributed by atoms with E-state index in [0.717, 1.165) is 19.5 Å². The highest BCUT2D eigenvalue weighted by Crippen LogP contribution is 1.91. The fraction of sp³-hybridized carbons (Fsp3) is 1.00. The van der Waals surface area contributed by atoms with Crippen molar-refractivity contribution < 1.29 is 14.9 Å². The Morgan fingerprint density at radius 1 is 1.23 bits per heavy atom. The second-order valence-electron chi connectivity index (χ2n) is 3.29. The average molecular weight is 191 g/mol. The summed E-state index contributed by atoms with van der Waals surface area (Å²) in [7, 11) is 1.57. The summed E-state index contributed by atoms with van der Waals surface area (Å²) in [5.74, 6) is 0. The maximum absolute atomic E-state index is 9.24. The number of ether oxygens (including phenoxy) is 1. The molecule has 4 nitrogen and oxygen atoms in total. The molecule has 0 aromatic carbocycles. The summed E-state index contributed by atoms with van der Waals surface area (Å²) in [5.41, 5.74) is 0. The Hall–Kier alpha value is -0.160. The van der Waals surface area contributed by atoms with Crippen molar-refractivity contribution in [3.8, 4) is 0 Å². The molecular formula is C9H21NO3. The van der Waals surface area contributed by atoms with E-state index in [1.54, 1.807) is 14.0 Å². The van der Waals surface area contributed by atoms with Crippen LogP contribution in [0.2, 0.25) is 0 Å². The molecular weight excluding hydrogens is 170 g/mol. The van der Waals surface area contributed by atoms with Crippen molar-refractivity contribution in [1.29, 1.82) is 0 Å². The first-order valence-electron chi connectivity index (χ1n) is 4.72. The Kier molecular flexibility index (Phi) is 8.33. The van der Waals surface area contributed by atoms with Gasteiger partial charge in [0.15, 0.2) is 0 Å². The topological polar surface area (TPSA) is 61.7 Å². The summed E-state index contributed by atoms with van der Waals surface area (Å²) in [5, 5.41) is 21.3. The maximum atomic E-state index is 9.24. The standard InChI is InChI=1S/C9H21NO3/c1-8(11)3-5-10-6-4-9(12)7-13-2/h8-12H,3-7H2,1-2H3. The van der Waals surface area contributed by atoms with Gasteiger partial charge in [-0.15, -0.1) is 0 Å². The van der Waals surface area contributed by atoms with Gasteiger partial charge in [0.2, 0.25) is 0 Å². The number of methoxy groups -OCH3 is 1. The van der Waals surface area contributed by atoms with Crippen LogP contribution in [0.4, 0.5) is 0 Å². The lowest BCUT2D eigenvalue weighted by molar-refractivity contribution is 0.0593. The lowest BCUT2D eigenvalue weighted by Crippen LogP contribution is -2.25. The lowest BCUT2D eigenvalue weighted by Gasteiger charge is -2.10. The third-order valence-corrected chi connectivity index (χ3v) is 1.75. The Labute approximate surface area is 79.9 Å². The van der Waals surface area contributed by atoms with Gasteiger partial charge in [-0.25, -0.2) is 0 Å². The van der Waals surface area contributed by atoms with Crippen molar-refractivity contribution in [2.45, 2.75) is 32.0 Å². The van der Waals surface area contributed by atoms with Gasteiger partial charge in [-0.3, -0.25) is 0 Å². The van der Waals surface area contributed by atoms with Crippen molar-refractivity contribution in [3.05, 3.63) is 0 Å². The quantitative estimate of drug-likeness (QED) is 0.463. The zero-order valence-corrected chi connectivity index (χ0v) is 8.49. The van der Waals surface area contributed by atoms with Crippen LogP contribution in [0.3, 0.4) is 0 Å². The first-order valence-corrected chi connectivity index (χ1v) is 4.72. The van der Waals surface area contributed by atoms with E-state index >= 15 is 0 Å². The average Bonchev–Trinajstić information content (AvgIpc) is 2.03. The van der Waals surface area contributed by atoms with Gasteiger partial charge in [-0.05, 0) is 32.9 Å². The van der Waals surface area contributed by atoms with Crippen LogP contribution in [0.5, 0.6) is 0 Å². The summed E-state index contributed by atoms with van der Waals surface area (Å²) in [6.07, 6.45) is 0.800. The summed E-state index contributed by atoms with van der Waals surface area (Å²) in [4.78, 5) is 0. The van der Waals surface area contributed by atoms with Gasteiger partial charge in [-0.2, -0.15) is 0 Å². The zero-order valence-electron chi connectivity index (χ0n) is 8.49. The number of hydrogen-bond donors (Lipinski definition) is 3. The lowest BCUT2D eigenvalue weighted by atomic mass is 10.2. The molecule has 0 amide bonds. The predicted octanol–water partition coefficient (Wildman–Crippen LogP) is -0.256. The van der Waals surface area contributed by atoms with Crippen molar-refractivity contribution in [3.63, 3.8) is 0 Å². The molecule has 2 atom stereocenters. The fourth-order valence-corrected chi connectivity index (χ4v) is 0.980. The highest BCUT2D eigenvalue weighted by Gasteiger charge is 2.02. The number of nitrogens with one attached hydrogen (secondary N) is 1. The van der Waals surface area contributed by atoms with Crippen LogP contribution in [-0.4, -0.2) is 49.2 Å². The van der Waals surface area contributed by atoms with Crippen molar-refractivity contribution in [2.24, 2.45) is 0 Å². The molecule has 0 aliphatic carbocycles. The van der Waals surface area contributed by atoms with E-state index in [-0.39, 0.29) is 12.2 Å². The molecule has 0 aromatic rings. The van der Waals surface area contributed by atoms with Gasteiger partial charge >= 0.3 is 0 Å². The Morgan fingerprint density at radius 3 is 2.38 bits per heavy atom. The SMILES string of the molecule is COCC(O)CCNCCC(C)O. The summed E-state index contributed by atoms with van der Waals surface area (Å²) >= 11 is 0. The number of rotatable bonds is 8. The molecule has 0 heterocycles.